The quantitative estimate of drug-likeness (QED) is 0.825. The van der Waals surface area contributed by atoms with Crippen molar-refractivity contribution < 1.29 is 0 Å². The highest BCUT2D eigenvalue weighted by Crippen LogP contribution is 2.37. The first-order chi connectivity index (χ1) is 9.36. The van der Waals surface area contributed by atoms with E-state index in [0.29, 0.717) is 5.69 Å². The molecule has 1 aromatic rings. The first-order valence-corrected chi connectivity index (χ1v) is 7.05. The van der Waals surface area contributed by atoms with Crippen LogP contribution in [0, 0.1) is 11.3 Å². The summed E-state index contributed by atoms with van der Waals surface area (Å²) in [5, 5.41) is 12.8. The molecule has 3 rings (SSSR count). The third kappa shape index (κ3) is 2.17. The fraction of sp³-hybridized carbons (Fsp3) is 0.643. The number of anilines is 1. The largest absolute Gasteiger partial charge is 0.346 e. The van der Waals surface area contributed by atoms with Crippen molar-refractivity contribution in [2.45, 2.75) is 37.6 Å². The molecule has 5 heteroatoms. The van der Waals surface area contributed by atoms with E-state index in [2.05, 4.69) is 26.3 Å². The Morgan fingerprint density at radius 2 is 2.00 bits per heavy atom. The molecular weight excluding hydrogens is 238 g/mol. The number of nitrogens with zero attached hydrogens (tertiary/aromatic N) is 4. The van der Waals surface area contributed by atoms with Crippen LogP contribution in [0.4, 0.5) is 5.82 Å². The van der Waals surface area contributed by atoms with Crippen molar-refractivity contribution in [3.05, 3.63) is 18.1 Å². The zero-order valence-electron chi connectivity index (χ0n) is 11.1. The van der Waals surface area contributed by atoms with Gasteiger partial charge in [-0.05, 0) is 12.8 Å². The lowest BCUT2D eigenvalue weighted by Gasteiger charge is -2.50. The highest BCUT2D eigenvalue weighted by atomic mass is 15.3. The lowest BCUT2D eigenvalue weighted by atomic mass is 9.79. The van der Waals surface area contributed by atoms with Gasteiger partial charge in [-0.15, -0.1) is 0 Å². The molecule has 1 saturated heterocycles. The Morgan fingerprint density at radius 1 is 1.21 bits per heavy atom. The molecule has 100 valence electrons. The Morgan fingerprint density at radius 3 is 2.79 bits per heavy atom. The van der Waals surface area contributed by atoms with E-state index < -0.39 is 0 Å². The van der Waals surface area contributed by atoms with Gasteiger partial charge in [0.15, 0.2) is 11.5 Å². The summed E-state index contributed by atoms with van der Waals surface area (Å²) in [6.07, 6.45) is 9.50. The molecule has 1 N–H and O–H groups in total. The Hall–Kier alpha value is -1.67. The summed E-state index contributed by atoms with van der Waals surface area (Å²) in [6.45, 7) is 2.85. The topological polar surface area (TPSA) is 64.8 Å². The van der Waals surface area contributed by atoms with E-state index in [4.69, 9.17) is 0 Å². The third-order valence-electron chi connectivity index (χ3n) is 4.36. The first kappa shape index (κ1) is 12.4. The zero-order valence-corrected chi connectivity index (χ0v) is 11.1. The maximum Gasteiger partial charge on any atom is 0.183 e. The van der Waals surface area contributed by atoms with Gasteiger partial charge in [0.05, 0.1) is 5.54 Å². The number of nitrogens with one attached hydrogen (secondary N) is 1. The van der Waals surface area contributed by atoms with Crippen molar-refractivity contribution in [3.63, 3.8) is 0 Å². The number of hydrogen-bond acceptors (Lipinski definition) is 5. The average molecular weight is 257 g/mol. The van der Waals surface area contributed by atoms with Gasteiger partial charge in [0.25, 0.3) is 0 Å². The second-order valence-electron chi connectivity index (χ2n) is 5.45. The van der Waals surface area contributed by atoms with Gasteiger partial charge >= 0.3 is 0 Å². The van der Waals surface area contributed by atoms with Crippen molar-refractivity contribution in [3.8, 4) is 6.07 Å². The second kappa shape index (κ2) is 5.14. The van der Waals surface area contributed by atoms with Crippen LogP contribution in [0.5, 0.6) is 0 Å². The molecular formula is C14H19N5. The van der Waals surface area contributed by atoms with E-state index in [9.17, 15) is 5.26 Å². The number of rotatable bonds is 1. The maximum absolute atomic E-state index is 9.24. The zero-order chi connectivity index (χ0) is 13.1. The molecule has 5 nitrogen and oxygen atoms in total. The summed E-state index contributed by atoms with van der Waals surface area (Å²) in [5.74, 6) is 0.772. The summed E-state index contributed by atoms with van der Waals surface area (Å²) in [4.78, 5) is 10.9. The van der Waals surface area contributed by atoms with Gasteiger partial charge in [0, 0.05) is 32.0 Å². The molecule has 1 aliphatic carbocycles. The molecule has 0 aromatic carbocycles. The highest BCUT2D eigenvalue weighted by molar-refractivity contribution is 5.52. The van der Waals surface area contributed by atoms with Crippen molar-refractivity contribution in [2.75, 3.05) is 24.5 Å². The van der Waals surface area contributed by atoms with E-state index in [-0.39, 0.29) is 5.54 Å². The van der Waals surface area contributed by atoms with Crippen LogP contribution >= 0.6 is 0 Å². The van der Waals surface area contributed by atoms with Crippen LogP contribution < -0.4 is 10.2 Å². The average Bonchev–Trinajstić information content (AvgIpc) is 2.49. The number of aromatic nitrogens is 2. The molecule has 0 radical (unpaired) electrons. The van der Waals surface area contributed by atoms with Gasteiger partial charge in [0.2, 0.25) is 0 Å². The van der Waals surface area contributed by atoms with Gasteiger partial charge in [-0.3, -0.25) is 0 Å². The lowest BCUT2D eigenvalue weighted by Crippen LogP contribution is -2.62. The third-order valence-corrected chi connectivity index (χ3v) is 4.36. The molecule has 2 heterocycles. The summed E-state index contributed by atoms with van der Waals surface area (Å²) >= 11 is 0. The van der Waals surface area contributed by atoms with Gasteiger partial charge < -0.3 is 10.2 Å². The van der Waals surface area contributed by atoms with Crippen LogP contribution in [-0.4, -0.2) is 35.1 Å². The number of piperazine rings is 1. The minimum atomic E-state index is 0.137. The minimum absolute atomic E-state index is 0.137. The van der Waals surface area contributed by atoms with E-state index in [1.165, 1.54) is 32.1 Å². The summed E-state index contributed by atoms with van der Waals surface area (Å²) in [6, 6.07) is 2.18. The molecule has 19 heavy (non-hydrogen) atoms. The summed E-state index contributed by atoms with van der Waals surface area (Å²) < 4.78 is 0. The van der Waals surface area contributed by atoms with Crippen LogP contribution in [-0.2, 0) is 0 Å². The smallest absolute Gasteiger partial charge is 0.183 e. The van der Waals surface area contributed by atoms with Gasteiger partial charge in [-0.1, -0.05) is 19.3 Å². The standard InChI is InChI=1S/C14H19N5/c15-10-12-13(18-7-6-17-12)19-9-8-16-11-14(19)4-2-1-3-5-14/h6-7,16H,1-5,8-9,11H2. The van der Waals surface area contributed by atoms with Gasteiger partial charge in [0.1, 0.15) is 6.07 Å². The van der Waals surface area contributed by atoms with Crippen LogP contribution in [0.2, 0.25) is 0 Å². The van der Waals surface area contributed by atoms with Crippen LogP contribution in [0.25, 0.3) is 0 Å². The van der Waals surface area contributed by atoms with Crippen LogP contribution in [0.3, 0.4) is 0 Å². The Balaban J connectivity index is 1.98. The van der Waals surface area contributed by atoms with E-state index in [0.717, 1.165) is 25.5 Å². The van der Waals surface area contributed by atoms with Crippen LogP contribution in [0.15, 0.2) is 12.4 Å². The Labute approximate surface area is 113 Å². The molecule has 1 aliphatic heterocycles. The molecule has 0 amide bonds. The van der Waals surface area contributed by atoms with Crippen molar-refractivity contribution in [1.82, 2.24) is 15.3 Å². The monoisotopic (exact) mass is 257 g/mol. The van der Waals surface area contributed by atoms with Crippen molar-refractivity contribution >= 4 is 5.82 Å². The fourth-order valence-electron chi connectivity index (χ4n) is 3.44. The fourth-order valence-corrected chi connectivity index (χ4v) is 3.44. The maximum atomic E-state index is 9.24. The van der Waals surface area contributed by atoms with Crippen molar-refractivity contribution in [2.24, 2.45) is 0 Å². The van der Waals surface area contributed by atoms with Crippen LogP contribution in [0.1, 0.15) is 37.8 Å². The van der Waals surface area contributed by atoms with E-state index >= 15 is 0 Å². The molecule has 1 spiro atoms. The molecule has 0 bridgehead atoms. The van der Waals surface area contributed by atoms with E-state index in [1.54, 1.807) is 12.4 Å². The Kier molecular flexibility index (Phi) is 3.34. The van der Waals surface area contributed by atoms with Crippen molar-refractivity contribution in [1.29, 1.82) is 5.26 Å². The molecule has 0 unspecified atom stereocenters. The predicted octanol–water partition coefficient (Wildman–Crippen LogP) is 1.46. The molecule has 1 saturated carbocycles. The van der Waals surface area contributed by atoms with Gasteiger partial charge in [-0.25, -0.2) is 9.97 Å². The molecule has 2 aliphatic rings. The molecule has 1 aromatic heterocycles. The summed E-state index contributed by atoms with van der Waals surface area (Å²) in [5.41, 5.74) is 0.590. The highest BCUT2D eigenvalue weighted by Gasteiger charge is 2.41. The Bertz CT molecular complexity index is 479. The second-order valence-corrected chi connectivity index (χ2v) is 5.45. The summed E-state index contributed by atoms with van der Waals surface area (Å²) in [7, 11) is 0. The number of nitriles is 1. The predicted molar refractivity (Wildman–Crippen MR) is 72.8 cm³/mol. The van der Waals surface area contributed by atoms with E-state index in [1.807, 2.05) is 0 Å². The molecule has 0 atom stereocenters. The molecule has 2 fully saturated rings. The minimum Gasteiger partial charge on any atom is -0.346 e. The first-order valence-electron chi connectivity index (χ1n) is 7.05. The normalized spacial score (nSPS) is 22.2. The van der Waals surface area contributed by atoms with Gasteiger partial charge in [-0.2, -0.15) is 5.26 Å². The lowest BCUT2D eigenvalue weighted by molar-refractivity contribution is 0.239. The SMILES string of the molecule is N#Cc1nccnc1N1CCNCC12CCCCC2. The number of hydrogen-bond donors (Lipinski definition) is 1.